The highest BCUT2D eigenvalue weighted by Crippen LogP contribution is 2.38. The SMILES string of the molecule is Oc1ccc(N(c2ccccc2)c2ccc(-c3ccc(N(c4ccc(O)cc4)c4ccc(O)cc4)cc3)cc2)cc1. The van der Waals surface area contributed by atoms with E-state index in [2.05, 4.69) is 70.5 Å². The molecule has 0 atom stereocenters. The molecule has 0 saturated heterocycles. The molecule has 0 saturated carbocycles. The molecule has 0 heterocycles. The Hall–Kier alpha value is -5.68. The minimum absolute atomic E-state index is 0.203. The van der Waals surface area contributed by atoms with Crippen LogP contribution in [0.3, 0.4) is 0 Å². The zero-order valence-corrected chi connectivity index (χ0v) is 22.2. The van der Waals surface area contributed by atoms with Gasteiger partial charge in [-0.3, -0.25) is 0 Å². The standard InChI is InChI=1S/C36H28N2O3/c39-34-20-14-31(15-21-34)37(28-4-2-1-3-5-28)29-10-6-26(7-11-29)27-8-12-30(13-9-27)38(32-16-22-35(40)23-17-32)33-18-24-36(41)25-19-33/h1-25,39-41H. The summed E-state index contributed by atoms with van der Waals surface area (Å²) in [6, 6.07) is 48.2. The van der Waals surface area contributed by atoms with Gasteiger partial charge in [-0.15, -0.1) is 0 Å². The topological polar surface area (TPSA) is 67.2 Å². The summed E-state index contributed by atoms with van der Waals surface area (Å²) in [5, 5.41) is 29.4. The minimum atomic E-state index is 0.203. The highest BCUT2D eigenvalue weighted by atomic mass is 16.3. The lowest BCUT2D eigenvalue weighted by Gasteiger charge is -2.26. The van der Waals surface area contributed by atoms with Gasteiger partial charge in [-0.1, -0.05) is 42.5 Å². The van der Waals surface area contributed by atoms with Crippen molar-refractivity contribution in [1.29, 1.82) is 0 Å². The van der Waals surface area contributed by atoms with Crippen LogP contribution in [-0.2, 0) is 0 Å². The maximum absolute atomic E-state index is 9.81. The minimum Gasteiger partial charge on any atom is -0.508 e. The highest BCUT2D eigenvalue weighted by molar-refractivity contribution is 5.81. The molecule has 5 nitrogen and oxygen atoms in total. The van der Waals surface area contributed by atoms with Crippen molar-refractivity contribution in [2.45, 2.75) is 0 Å². The Kier molecular flexibility index (Phi) is 6.99. The molecule has 0 aromatic heterocycles. The first-order chi connectivity index (χ1) is 20.0. The first kappa shape index (κ1) is 25.6. The normalized spacial score (nSPS) is 10.7. The van der Waals surface area contributed by atoms with Crippen molar-refractivity contribution in [2.75, 3.05) is 9.80 Å². The summed E-state index contributed by atoms with van der Waals surface area (Å²) >= 11 is 0. The highest BCUT2D eigenvalue weighted by Gasteiger charge is 2.15. The van der Waals surface area contributed by atoms with E-state index < -0.39 is 0 Å². The van der Waals surface area contributed by atoms with Gasteiger partial charge in [-0.05, 0) is 120 Å². The Labute approximate surface area is 239 Å². The number of rotatable bonds is 7. The van der Waals surface area contributed by atoms with Crippen molar-refractivity contribution in [1.82, 2.24) is 0 Å². The van der Waals surface area contributed by atoms with Crippen molar-refractivity contribution >= 4 is 34.1 Å². The van der Waals surface area contributed by atoms with Crippen LogP contribution in [0.15, 0.2) is 152 Å². The average molecular weight is 537 g/mol. The predicted octanol–water partition coefficient (Wildman–Crippen LogP) is 9.41. The lowest BCUT2D eigenvalue weighted by Crippen LogP contribution is -2.09. The maximum atomic E-state index is 9.81. The molecule has 0 radical (unpaired) electrons. The van der Waals surface area contributed by atoms with E-state index in [0.29, 0.717) is 0 Å². The van der Waals surface area contributed by atoms with Crippen molar-refractivity contribution < 1.29 is 15.3 Å². The molecule has 0 fully saturated rings. The van der Waals surface area contributed by atoms with Crippen LogP contribution in [0.2, 0.25) is 0 Å². The fourth-order valence-electron chi connectivity index (χ4n) is 4.88. The van der Waals surface area contributed by atoms with E-state index in [0.717, 1.165) is 45.3 Å². The van der Waals surface area contributed by atoms with Gasteiger partial charge >= 0.3 is 0 Å². The summed E-state index contributed by atoms with van der Waals surface area (Å²) in [5.74, 6) is 0.638. The molecule has 200 valence electrons. The Morgan fingerprint density at radius 2 is 0.512 bits per heavy atom. The molecule has 0 aliphatic heterocycles. The van der Waals surface area contributed by atoms with Gasteiger partial charge in [0, 0.05) is 34.1 Å². The van der Waals surface area contributed by atoms with Crippen LogP contribution in [-0.4, -0.2) is 15.3 Å². The Morgan fingerprint density at radius 3 is 0.805 bits per heavy atom. The van der Waals surface area contributed by atoms with Gasteiger partial charge in [0.2, 0.25) is 0 Å². The number of hydrogen-bond acceptors (Lipinski definition) is 5. The van der Waals surface area contributed by atoms with Crippen LogP contribution in [0.4, 0.5) is 34.1 Å². The van der Waals surface area contributed by atoms with Crippen molar-refractivity contribution in [2.24, 2.45) is 0 Å². The number of anilines is 6. The number of aromatic hydroxyl groups is 3. The second-order valence-electron chi connectivity index (χ2n) is 9.65. The van der Waals surface area contributed by atoms with E-state index in [1.54, 1.807) is 36.4 Å². The number of para-hydroxylation sites is 1. The smallest absolute Gasteiger partial charge is 0.115 e. The molecule has 6 rings (SSSR count). The molecular formula is C36H28N2O3. The first-order valence-corrected chi connectivity index (χ1v) is 13.3. The number of phenolic OH excluding ortho intramolecular Hbond substituents is 3. The van der Waals surface area contributed by atoms with E-state index in [9.17, 15) is 15.3 Å². The molecule has 0 unspecified atom stereocenters. The Balaban J connectivity index is 1.31. The second-order valence-corrected chi connectivity index (χ2v) is 9.65. The quantitative estimate of drug-likeness (QED) is 0.190. The molecule has 6 aromatic rings. The van der Waals surface area contributed by atoms with Gasteiger partial charge in [0.15, 0.2) is 0 Å². The van der Waals surface area contributed by atoms with Crippen LogP contribution >= 0.6 is 0 Å². The van der Waals surface area contributed by atoms with Crippen LogP contribution in [0.5, 0.6) is 17.2 Å². The number of nitrogens with zero attached hydrogens (tertiary/aromatic N) is 2. The van der Waals surface area contributed by atoms with E-state index in [4.69, 9.17) is 0 Å². The molecule has 0 aliphatic carbocycles. The molecule has 3 N–H and O–H groups in total. The van der Waals surface area contributed by atoms with E-state index in [-0.39, 0.29) is 17.2 Å². The third-order valence-corrected chi connectivity index (χ3v) is 6.92. The van der Waals surface area contributed by atoms with Gasteiger partial charge in [0.25, 0.3) is 0 Å². The Morgan fingerprint density at radius 1 is 0.268 bits per heavy atom. The fourth-order valence-corrected chi connectivity index (χ4v) is 4.88. The van der Waals surface area contributed by atoms with Crippen LogP contribution < -0.4 is 9.80 Å². The number of phenols is 3. The zero-order chi connectivity index (χ0) is 28.2. The van der Waals surface area contributed by atoms with Crippen molar-refractivity contribution in [3.8, 4) is 28.4 Å². The summed E-state index contributed by atoms with van der Waals surface area (Å²) < 4.78 is 0. The number of benzene rings is 6. The van der Waals surface area contributed by atoms with E-state index in [1.807, 2.05) is 54.6 Å². The average Bonchev–Trinajstić information content (AvgIpc) is 3.02. The maximum Gasteiger partial charge on any atom is 0.115 e. The molecule has 0 spiro atoms. The lowest BCUT2D eigenvalue weighted by molar-refractivity contribution is 0.475. The molecule has 0 bridgehead atoms. The molecule has 5 heteroatoms. The summed E-state index contributed by atoms with van der Waals surface area (Å²) in [6.07, 6.45) is 0. The van der Waals surface area contributed by atoms with Crippen LogP contribution in [0.25, 0.3) is 11.1 Å². The fraction of sp³-hybridized carbons (Fsp3) is 0. The molecule has 6 aromatic carbocycles. The second kappa shape index (κ2) is 11.2. The van der Waals surface area contributed by atoms with E-state index in [1.165, 1.54) is 0 Å². The molecule has 0 amide bonds. The first-order valence-electron chi connectivity index (χ1n) is 13.3. The molecular weight excluding hydrogens is 508 g/mol. The summed E-state index contributed by atoms with van der Waals surface area (Å²) in [7, 11) is 0. The van der Waals surface area contributed by atoms with Gasteiger partial charge in [0.1, 0.15) is 17.2 Å². The van der Waals surface area contributed by atoms with Crippen LogP contribution in [0.1, 0.15) is 0 Å². The molecule has 0 aliphatic rings. The van der Waals surface area contributed by atoms with Gasteiger partial charge < -0.3 is 25.1 Å². The van der Waals surface area contributed by atoms with Crippen molar-refractivity contribution in [3.05, 3.63) is 152 Å². The molecule has 41 heavy (non-hydrogen) atoms. The summed E-state index contributed by atoms with van der Waals surface area (Å²) in [5.41, 5.74) is 7.87. The predicted molar refractivity (Wildman–Crippen MR) is 166 cm³/mol. The zero-order valence-electron chi connectivity index (χ0n) is 22.2. The third-order valence-electron chi connectivity index (χ3n) is 6.92. The monoisotopic (exact) mass is 536 g/mol. The largest absolute Gasteiger partial charge is 0.508 e. The number of hydrogen-bond donors (Lipinski definition) is 3. The lowest BCUT2D eigenvalue weighted by atomic mass is 10.0. The Bertz CT molecular complexity index is 1670. The van der Waals surface area contributed by atoms with E-state index >= 15 is 0 Å². The summed E-state index contributed by atoms with van der Waals surface area (Å²) in [6.45, 7) is 0. The van der Waals surface area contributed by atoms with Crippen molar-refractivity contribution in [3.63, 3.8) is 0 Å². The van der Waals surface area contributed by atoms with Gasteiger partial charge in [-0.25, -0.2) is 0 Å². The van der Waals surface area contributed by atoms with Gasteiger partial charge in [-0.2, -0.15) is 0 Å². The summed E-state index contributed by atoms with van der Waals surface area (Å²) in [4.78, 5) is 4.22. The third kappa shape index (κ3) is 5.56. The van der Waals surface area contributed by atoms with Gasteiger partial charge in [0.05, 0.1) is 0 Å². The van der Waals surface area contributed by atoms with Crippen LogP contribution in [0, 0.1) is 0 Å².